The lowest BCUT2D eigenvalue weighted by Gasteiger charge is -2.26. The molecule has 7 nitrogen and oxygen atoms in total. The maximum atomic E-state index is 5.47. The van der Waals surface area contributed by atoms with Crippen LogP contribution in [0.3, 0.4) is 0 Å². The molecule has 4 aromatic rings. The van der Waals surface area contributed by atoms with Crippen molar-refractivity contribution in [1.29, 1.82) is 0 Å². The topological polar surface area (TPSA) is 79.0 Å². The van der Waals surface area contributed by atoms with E-state index in [4.69, 9.17) is 19.7 Å². The molecule has 0 radical (unpaired) electrons. The Morgan fingerprint density at radius 2 is 1.97 bits per heavy atom. The van der Waals surface area contributed by atoms with Crippen LogP contribution in [0.25, 0.3) is 21.3 Å². The monoisotopic (exact) mass is 422 g/mol. The number of H-pyrrole nitrogens is 1. The van der Waals surface area contributed by atoms with Gasteiger partial charge in [-0.3, -0.25) is 4.90 Å². The molecule has 1 fully saturated rings. The van der Waals surface area contributed by atoms with E-state index in [-0.39, 0.29) is 6.04 Å². The zero-order chi connectivity index (χ0) is 20.7. The third-order valence-corrected chi connectivity index (χ3v) is 6.82. The largest absolute Gasteiger partial charge is 0.379 e. The molecule has 1 aromatic carbocycles. The normalized spacial score (nSPS) is 16.4. The van der Waals surface area contributed by atoms with Crippen LogP contribution in [0.5, 0.6) is 0 Å². The van der Waals surface area contributed by atoms with Gasteiger partial charge >= 0.3 is 0 Å². The maximum absolute atomic E-state index is 5.47. The zero-order valence-corrected chi connectivity index (χ0v) is 18.3. The average Bonchev–Trinajstić information content (AvgIpc) is 3.30. The summed E-state index contributed by atoms with van der Waals surface area (Å²) in [6.07, 6.45) is 0. The highest BCUT2D eigenvalue weighted by Gasteiger charge is 2.20. The fourth-order valence-electron chi connectivity index (χ4n) is 3.88. The lowest BCUT2D eigenvalue weighted by molar-refractivity contribution is 0.0331. The number of thiophene rings is 1. The van der Waals surface area contributed by atoms with E-state index in [1.807, 2.05) is 24.3 Å². The molecule has 1 saturated heterocycles. The standard InChI is InChI=1S/C22H26N6OS/c1-13-15(3)30-22-19(13)21(26-18(27-22)12-28-8-10-29-11-9-28)23-14(2)20-24-16-6-4-5-7-17(16)25-20/h4-7,14H,8-12H2,1-3H3,(H,24,25)(H,23,26,27). The molecule has 5 rings (SSSR count). The summed E-state index contributed by atoms with van der Waals surface area (Å²) in [6.45, 7) is 10.5. The van der Waals surface area contributed by atoms with E-state index in [1.165, 1.54) is 10.4 Å². The van der Waals surface area contributed by atoms with Crippen LogP contribution in [0.1, 0.15) is 35.1 Å². The summed E-state index contributed by atoms with van der Waals surface area (Å²) >= 11 is 1.74. The van der Waals surface area contributed by atoms with E-state index in [2.05, 4.69) is 36.0 Å². The number of benzene rings is 1. The molecule has 3 aromatic heterocycles. The molecule has 0 spiro atoms. The fraction of sp³-hybridized carbons (Fsp3) is 0.409. The van der Waals surface area contributed by atoms with Crippen molar-refractivity contribution in [3.05, 3.63) is 46.4 Å². The number of fused-ring (bicyclic) bond motifs is 2. The number of morpholine rings is 1. The Bertz CT molecular complexity index is 1160. The maximum Gasteiger partial charge on any atom is 0.146 e. The number of hydrogen-bond donors (Lipinski definition) is 2. The minimum Gasteiger partial charge on any atom is -0.379 e. The van der Waals surface area contributed by atoms with Gasteiger partial charge in [-0.15, -0.1) is 11.3 Å². The number of imidazole rings is 1. The molecule has 156 valence electrons. The molecule has 0 saturated carbocycles. The number of hydrogen-bond acceptors (Lipinski definition) is 7. The lowest BCUT2D eigenvalue weighted by Crippen LogP contribution is -2.36. The highest BCUT2D eigenvalue weighted by atomic mass is 32.1. The minimum atomic E-state index is -0.00802. The van der Waals surface area contributed by atoms with E-state index in [9.17, 15) is 0 Å². The van der Waals surface area contributed by atoms with Gasteiger partial charge < -0.3 is 15.0 Å². The molecule has 1 atom stereocenters. The van der Waals surface area contributed by atoms with Crippen LogP contribution in [0.2, 0.25) is 0 Å². The van der Waals surface area contributed by atoms with Crippen molar-refractivity contribution in [2.75, 3.05) is 31.6 Å². The van der Waals surface area contributed by atoms with Crippen molar-refractivity contribution in [1.82, 2.24) is 24.8 Å². The van der Waals surface area contributed by atoms with E-state index < -0.39 is 0 Å². The Labute approximate surface area is 179 Å². The molecule has 1 aliphatic rings. The summed E-state index contributed by atoms with van der Waals surface area (Å²) in [5.41, 5.74) is 3.27. The third kappa shape index (κ3) is 3.66. The molecule has 8 heteroatoms. The molecule has 30 heavy (non-hydrogen) atoms. The number of ether oxygens (including phenoxy) is 1. The summed E-state index contributed by atoms with van der Waals surface area (Å²) in [4.78, 5) is 22.7. The van der Waals surface area contributed by atoms with Gasteiger partial charge in [-0.25, -0.2) is 15.0 Å². The van der Waals surface area contributed by atoms with Gasteiger partial charge in [-0.2, -0.15) is 0 Å². The average molecular weight is 423 g/mol. The number of nitrogens with zero attached hydrogens (tertiary/aromatic N) is 4. The van der Waals surface area contributed by atoms with E-state index >= 15 is 0 Å². The van der Waals surface area contributed by atoms with E-state index in [0.717, 1.165) is 71.6 Å². The predicted molar refractivity (Wildman–Crippen MR) is 121 cm³/mol. The van der Waals surface area contributed by atoms with Crippen LogP contribution in [0, 0.1) is 13.8 Å². The molecule has 0 bridgehead atoms. The van der Waals surface area contributed by atoms with Crippen LogP contribution >= 0.6 is 11.3 Å². The highest BCUT2D eigenvalue weighted by molar-refractivity contribution is 7.18. The van der Waals surface area contributed by atoms with Gasteiger partial charge in [0.2, 0.25) is 0 Å². The first-order chi connectivity index (χ1) is 14.6. The summed E-state index contributed by atoms with van der Waals surface area (Å²) in [7, 11) is 0. The number of nitrogens with one attached hydrogen (secondary N) is 2. The third-order valence-electron chi connectivity index (χ3n) is 5.71. The Kier molecular flexibility index (Phi) is 5.14. The second-order valence-corrected chi connectivity index (χ2v) is 9.05. The number of aryl methyl sites for hydroxylation is 2. The molecule has 2 N–H and O–H groups in total. The summed E-state index contributed by atoms with van der Waals surface area (Å²) in [6, 6.07) is 8.10. The van der Waals surface area contributed by atoms with Crippen molar-refractivity contribution < 1.29 is 4.74 Å². The van der Waals surface area contributed by atoms with Gasteiger partial charge in [0, 0.05) is 18.0 Å². The highest BCUT2D eigenvalue weighted by Crippen LogP contribution is 2.34. The molecule has 1 aliphatic heterocycles. The Morgan fingerprint density at radius 1 is 1.17 bits per heavy atom. The lowest BCUT2D eigenvalue weighted by atomic mass is 10.2. The summed E-state index contributed by atoms with van der Waals surface area (Å²) in [5.74, 6) is 2.64. The van der Waals surface area contributed by atoms with Gasteiger partial charge in [0.05, 0.1) is 42.2 Å². The zero-order valence-electron chi connectivity index (χ0n) is 17.5. The molecule has 0 amide bonds. The Balaban J connectivity index is 1.49. The second kappa shape index (κ2) is 7.94. The van der Waals surface area contributed by atoms with Gasteiger partial charge in [-0.05, 0) is 38.5 Å². The predicted octanol–water partition coefficient (Wildman–Crippen LogP) is 4.19. The number of anilines is 1. The first-order valence-electron chi connectivity index (χ1n) is 10.4. The number of para-hydroxylation sites is 2. The molecule has 4 heterocycles. The summed E-state index contributed by atoms with van der Waals surface area (Å²) in [5, 5.41) is 4.73. The Hall–Kier alpha value is -2.55. The van der Waals surface area contributed by atoms with Crippen molar-refractivity contribution in [3.63, 3.8) is 0 Å². The SMILES string of the molecule is Cc1sc2nc(CN3CCOCC3)nc(NC(C)c3nc4ccccc4[nH]3)c2c1C. The van der Waals surface area contributed by atoms with Crippen LogP contribution in [0.15, 0.2) is 24.3 Å². The summed E-state index contributed by atoms with van der Waals surface area (Å²) < 4.78 is 5.47. The van der Waals surface area contributed by atoms with E-state index in [0.29, 0.717) is 0 Å². The van der Waals surface area contributed by atoms with E-state index in [1.54, 1.807) is 11.3 Å². The van der Waals surface area contributed by atoms with Gasteiger partial charge in [0.25, 0.3) is 0 Å². The smallest absolute Gasteiger partial charge is 0.146 e. The van der Waals surface area contributed by atoms with Crippen LogP contribution < -0.4 is 5.32 Å². The van der Waals surface area contributed by atoms with Gasteiger partial charge in [0.1, 0.15) is 22.3 Å². The fourth-order valence-corrected chi connectivity index (χ4v) is 4.93. The minimum absolute atomic E-state index is 0.00802. The van der Waals surface area contributed by atoms with Crippen molar-refractivity contribution in [2.45, 2.75) is 33.4 Å². The Morgan fingerprint density at radius 3 is 2.77 bits per heavy atom. The van der Waals surface area contributed by atoms with Crippen LogP contribution in [-0.4, -0.2) is 51.1 Å². The quantitative estimate of drug-likeness (QED) is 0.502. The van der Waals surface area contributed by atoms with Crippen LogP contribution in [0.4, 0.5) is 5.82 Å². The second-order valence-electron chi connectivity index (χ2n) is 7.85. The van der Waals surface area contributed by atoms with Crippen molar-refractivity contribution in [3.8, 4) is 0 Å². The van der Waals surface area contributed by atoms with Gasteiger partial charge in [-0.1, -0.05) is 12.1 Å². The number of rotatable bonds is 5. The molecular weight excluding hydrogens is 396 g/mol. The molecule has 1 unspecified atom stereocenters. The first kappa shape index (κ1) is 19.4. The molecule has 0 aliphatic carbocycles. The van der Waals surface area contributed by atoms with Crippen molar-refractivity contribution in [2.24, 2.45) is 0 Å². The number of aromatic amines is 1. The number of aromatic nitrogens is 4. The van der Waals surface area contributed by atoms with Crippen LogP contribution in [-0.2, 0) is 11.3 Å². The molecular formula is C22H26N6OS. The van der Waals surface area contributed by atoms with Crippen molar-refractivity contribution >= 4 is 38.4 Å². The first-order valence-corrected chi connectivity index (χ1v) is 11.2. The van der Waals surface area contributed by atoms with Gasteiger partial charge in [0.15, 0.2) is 0 Å².